The van der Waals surface area contributed by atoms with Gasteiger partial charge in [0.1, 0.15) is 5.75 Å². The van der Waals surface area contributed by atoms with Gasteiger partial charge in [0.2, 0.25) is 0 Å². The first-order chi connectivity index (χ1) is 8.58. The third-order valence-electron chi connectivity index (χ3n) is 2.40. The Kier molecular flexibility index (Phi) is 3.27. The zero-order valence-corrected chi connectivity index (χ0v) is 10.1. The molecule has 0 aromatic carbocycles. The first-order valence-electron chi connectivity index (χ1n) is 5.37. The van der Waals surface area contributed by atoms with E-state index in [1.54, 1.807) is 19.4 Å². The van der Waals surface area contributed by atoms with Crippen LogP contribution in [0.2, 0.25) is 0 Å². The second-order valence-corrected chi connectivity index (χ2v) is 3.84. The molecular formula is C12H13N3O3. The van der Waals surface area contributed by atoms with Crippen molar-refractivity contribution < 1.29 is 14.6 Å². The number of aryl methyl sites for hydroxylation is 1. The number of rotatable bonds is 4. The number of carboxylic acid groups (broad SMARTS) is 1. The van der Waals surface area contributed by atoms with Gasteiger partial charge in [-0.1, -0.05) is 0 Å². The largest absolute Gasteiger partial charge is 0.497 e. The van der Waals surface area contributed by atoms with Gasteiger partial charge >= 0.3 is 5.97 Å². The van der Waals surface area contributed by atoms with E-state index >= 15 is 0 Å². The van der Waals surface area contributed by atoms with Crippen LogP contribution in [-0.4, -0.2) is 33.0 Å². The Morgan fingerprint density at radius 1 is 1.50 bits per heavy atom. The van der Waals surface area contributed by atoms with E-state index in [4.69, 9.17) is 9.84 Å². The van der Waals surface area contributed by atoms with E-state index in [0.29, 0.717) is 6.54 Å². The molecule has 0 amide bonds. The van der Waals surface area contributed by atoms with Crippen molar-refractivity contribution in [1.82, 2.24) is 14.8 Å². The molecule has 0 fully saturated rings. The Morgan fingerprint density at radius 2 is 2.28 bits per heavy atom. The van der Waals surface area contributed by atoms with Gasteiger partial charge in [-0.2, -0.15) is 5.10 Å². The molecule has 2 heterocycles. The van der Waals surface area contributed by atoms with Crippen LogP contribution >= 0.6 is 0 Å². The van der Waals surface area contributed by atoms with Crippen molar-refractivity contribution in [3.63, 3.8) is 0 Å². The normalized spacial score (nSPS) is 10.3. The summed E-state index contributed by atoms with van der Waals surface area (Å²) in [5, 5.41) is 12.7. The Hall–Kier alpha value is -2.37. The molecule has 94 valence electrons. The third-order valence-corrected chi connectivity index (χ3v) is 2.40. The lowest BCUT2D eigenvalue weighted by Crippen LogP contribution is -2.06. The number of carboxylic acids is 1. The van der Waals surface area contributed by atoms with E-state index in [0.717, 1.165) is 17.1 Å². The molecule has 0 aliphatic heterocycles. The highest BCUT2D eigenvalue weighted by Crippen LogP contribution is 2.14. The summed E-state index contributed by atoms with van der Waals surface area (Å²) < 4.78 is 6.69. The summed E-state index contributed by atoms with van der Waals surface area (Å²) in [6, 6.07) is 5.08. The average molecular weight is 247 g/mol. The maximum absolute atomic E-state index is 10.7. The molecule has 0 atom stereocenters. The molecule has 0 saturated heterocycles. The number of pyridine rings is 1. The van der Waals surface area contributed by atoms with E-state index in [9.17, 15) is 4.79 Å². The fourth-order valence-electron chi connectivity index (χ4n) is 1.63. The van der Waals surface area contributed by atoms with Crippen LogP contribution in [0.15, 0.2) is 24.4 Å². The lowest BCUT2D eigenvalue weighted by Gasteiger charge is -2.06. The minimum Gasteiger partial charge on any atom is -0.497 e. The maximum Gasteiger partial charge on any atom is 0.356 e. The van der Waals surface area contributed by atoms with Crippen LogP contribution in [0.25, 0.3) is 0 Å². The smallest absolute Gasteiger partial charge is 0.356 e. The highest BCUT2D eigenvalue weighted by molar-refractivity contribution is 5.85. The molecule has 2 aromatic rings. The Labute approximate surface area is 104 Å². The van der Waals surface area contributed by atoms with E-state index < -0.39 is 5.97 Å². The molecule has 0 radical (unpaired) electrons. The van der Waals surface area contributed by atoms with Crippen LogP contribution in [0.4, 0.5) is 0 Å². The fourth-order valence-corrected chi connectivity index (χ4v) is 1.63. The van der Waals surface area contributed by atoms with Crippen LogP contribution in [-0.2, 0) is 6.54 Å². The summed E-state index contributed by atoms with van der Waals surface area (Å²) in [4.78, 5) is 15.1. The zero-order chi connectivity index (χ0) is 13.1. The van der Waals surface area contributed by atoms with E-state index in [1.807, 2.05) is 13.0 Å². The summed E-state index contributed by atoms with van der Waals surface area (Å²) in [7, 11) is 1.59. The van der Waals surface area contributed by atoms with Gasteiger partial charge in [0.25, 0.3) is 0 Å². The fraction of sp³-hybridized carbons (Fsp3) is 0.250. The number of hydrogen-bond acceptors (Lipinski definition) is 4. The first-order valence-corrected chi connectivity index (χ1v) is 5.37. The highest BCUT2D eigenvalue weighted by Gasteiger charge is 2.08. The Bertz CT molecular complexity index is 578. The summed E-state index contributed by atoms with van der Waals surface area (Å²) >= 11 is 0. The van der Waals surface area contributed by atoms with Crippen LogP contribution < -0.4 is 4.74 Å². The number of nitrogens with zero attached hydrogens (tertiary/aromatic N) is 3. The Balaban J connectivity index is 2.22. The molecule has 0 bridgehead atoms. The molecule has 6 nitrogen and oxygen atoms in total. The molecule has 6 heteroatoms. The molecule has 0 aliphatic carbocycles. The lowest BCUT2D eigenvalue weighted by atomic mass is 10.3. The molecule has 18 heavy (non-hydrogen) atoms. The van der Waals surface area contributed by atoms with E-state index in [1.165, 1.54) is 10.7 Å². The molecule has 2 aromatic heterocycles. The van der Waals surface area contributed by atoms with Crippen molar-refractivity contribution >= 4 is 5.97 Å². The van der Waals surface area contributed by atoms with Gasteiger partial charge < -0.3 is 9.84 Å². The van der Waals surface area contributed by atoms with Gasteiger partial charge in [-0.15, -0.1) is 0 Å². The molecule has 0 unspecified atom stereocenters. The maximum atomic E-state index is 10.7. The summed E-state index contributed by atoms with van der Waals surface area (Å²) in [5.41, 5.74) is 1.64. The van der Waals surface area contributed by atoms with E-state index in [-0.39, 0.29) is 5.69 Å². The number of ether oxygens (including phenoxy) is 1. The number of aromatic carboxylic acids is 1. The Morgan fingerprint density at radius 3 is 2.89 bits per heavy atom. The number of carbonyl (C=O) groups is 1. The van der Waals surface area contributed by atoms with Gasteiger partial charge in [0, 0.05) is 24.0 Å². The van der Waals surface area contributed by atoms with Gasteiger partial charge in [0.05, 0.1) is 19.3 Å². The predicted octanol–water partition coefficient (Wildman–Crippen LogP) is 1.34. The second kappa shape index (κ2) is 4.87. The molecule has 0 aliphatic rings. The van der Waals surface area contributed by atoms with Crippen molar-refractivity contribution in [2.24, 2.45) is 0 Å². The SMILES string of the molecule is COc1cc(C)nc(Cn2ccc(C(=O)O)n2)c1. The highest BCUT2D eigenvalue weighted by atomic mass is 16.5. The molecule has 0 spiro atoms. The monoisotopic (exact) mass is 247 g/mol. The van der Waals surface area contributed by atoms with Crippen LogP contribution in [0.1, 0.15) is 21.9 Å². The second-order valence-electron chi connectivity index (χ2n) is 3.84. The minimum atomic E-state index is -1.04. The van der Waals surface area contributed by atoms with Crippen LogP contribution in [0, 0.1) is 6.92 Å². The van der Waals surface area contributed by atoms with E-state index in [2.05, 4.69) is 10.1 Å². The van der Waals surface area contributed by atoms with Crippen LogP contribution in [0.5, 0.6) is 5.75 Å². The van der Waals surface area contributed by atoms with Crippen molar-refractivity contribution in [1.29, 1.82) is 0 Å². The number of aromatic nitrogens is 3. The predicted molar refractivity (Wildman–Crippen MR) is 63.8 cm³/mol. The number of methoxy groups -OCH3 is 1. The topological polar surface area (TPSA) is 77.2 Å². The lowest BCUT2D eigenvalue weighted by molar-refractivity contribution is 0.0689. The summed E-state index contributed by atoms with van der Waals surface area (Å²) in [6.45, 7) is 2.28. The third kappa shape index (κ3) is 2.65. The van der Waals surface area contributed by atoms with Crippen molar-refractivity contribution in [3.8, 4) is 5.75 Å². The van der Waals surface area contributed by atoms with Crippen molar-refractivity contribution in [2.45, 2.75) is 13.5 Å². The quantitative estimate of drug-likeness (QED) is 0.882. The molecule has 0 saturated carbocycles. The zero-order valence-electron chi connectivity index (χ0n) is 10.1. The van der Waals surface area contributed by atoms with Gasteiger partial charge in [-0.05, 0) is 13.0 Å². The number of hydrogen-bond donors (Lipinski definition) is 1. The van der Waals surface area contributed by atoms with Crippen LogP contribution in [0.3, 0.4) is 0 Å². The minimum absolute atomic E-state index is 0.0228. The van der Waals surface area contributed by atoms with Gasteiger partial charge in [0.15, 0.2) is 5.69 Å². The van der Waals surface area contributed by atoms with Gasteiger partial charge in [-0.3, -0.25) is 9.67 Å². The average Bonchev–Trinajstić information content (AvgIpc) is 2.76. The summed E-state index contributed by atoms with van der Waals surface area (Å²) in [5.74, 6) is -0.313. The standard InChI is InChI=1S/C12H13N3O3/c1-8-5-10(18-2)6-9(13-8)7-15-4-3-11(14-15)12(16)17/h3-6H,7H2,1-2H3,(H,16,17). The van der Waals surface area contributed by atoms with Crippen molar-refractivity contribution in [3.05, 3.63) is 41.5 Å². The molecular weight excluding hydrogens is 234 g/mol. The molecule has 1 N–H and O–H groups in total. The first kappa shape index (κ1) is 12.1. The summed E-state index contributed by atoms with van der Waals surface area (Å²) in [6.07, 6.45) is 1.61. The van der Waals surface area contributed by atoms with Crippen molar-refractivity contribution in [2.75, 3.05) is 7.11 Å². The van der Waals surface area contributed by atoms with Gasteiger partial charge in [-0.25, -0.2) is 4.79 Å². The molecule has 2 rings (SSSR count).